The highest BCUT2D eigenvalue weighted by Gasteiger charge is 2.75. The third-order valence-corrected chi connectivity index (χ3v) is 8.14. The van der Waals surface area contributed by atoms with Crippen LogP contribution in [0.5, 0.6) is 0 Å². The summed E-state index contributed by atoms with van der Waals surface area (Å²) in [5, 5.41) is 12.1. The minimum Gasteiger partial charge on any atom is -0.613 e. The van der Waals surface area contributed by atoms with Crippen molar-refractivity contribution in [3.63, 3.8) is 0 Å². The van der Waals surface area contributed by atoms with Crippen molar-refractivity contribution in [1.29, 1.82) is 0 Å². The number of benzene rings is 2. The lowest BCUT2D eigenvalue weighted by molar-refractivity contribution is -0.866. The Morgan fingerprint density at radius 3 is 2.52 bits per heavy atom. The third kappa shape index (κ3) is 3.27. The summed E-state index contributed by atoms with van der Waals surface area (Å²) in [5.74, 6) is -1.57. The lowest BCUT2D eigenvalue weighted by atomic mass is 9.58. The third-order valence-electron chi connectivity index (χ3n) is 8.14. The van der Waals surface area contributed by atoms with Crippen LogP contribution in [-0.2, 0) is 30.3 Å². The van der Waals surface area contributed by atoms with Crippen molar-refractivity contribution >= 4 is 18.4 Å². The van der Waals surface area contributed by atoms with E-state index in [1.54, 1.807) is 0 Å². The molecular formula is C25H28BNO6. The highest BCUT2D eigenvalue weighted by atomic mass is 16.7. The number of epoxide rings is 1. The van der Waals surface area contributed by atoms with Crippen LogP contribution < -0.4 is 0 Å². The van der Waals surface area contributed by atoms with Gasteiger partial charge in [-0.25, -0.2) is 0 Å². The zero-order valence-electron chi connectivity index (χ0n) is 18.4. The average molecular weight is 449 g/mol. The molecule has 172 valence electrons. The maximum absolute atomic E-state index is 12.9. The van der Waals surface area contributed by atoms with Crippen LogP contribution in [0.2, 0.25) is 0 Å². The van der Waals surface area contributed by atoms with Gasteiger partial charge in [0.1, 0.15) is 12.6 Å². The van der Waals surface area contributed by atoms with Crippen LogP contribution in [0.15, 0.2) is 60.7 Å². The molecule has 3 saturated heterocycles. The Morgan fingerprint density at radius 1 is 1.03 bits per heavy atom. The van der Waals surface area contributed by atoms with E-state index < -0.39 is 24.6 Å². The van der Waals surface area contributed by atoms with E-state index in [2.05, 4.69) is 0 Å². The predicted molar refractivity (Wildman–Crippen MR) is 119 cm³/mol. The maximum Gasteiger partial charge on any atom is 0.556 e. The first-order valence-corrected chi connectivity index (χ1v) is 11.9. The second kappa shape index (κ2) is 7.77. The first-order valence-electron chi connectivity index (χ1n) is 11.9. The number of rotatable bonds is 6. The number of carbonyl (C=O) groups is 2. The van der Waals surface area contributed by atoms with Crippen molar-refractivity contribution in [2.75, 3.05) is 13.1 Å². The number of carbonyl (C=O) groups excluding carboxylic acids is 2. The summed E-state index contributed by atoms with van der Waals surface area (Å²) in [4.78, 5) is 25.6. The maximum atomic E-state index is 12.9. The van der Waals surface area contributed by atoms with Crippen LogP contribution in [0, 0.1) is 5.92 Å². The van der Waals surface area contributed by atoms with Gasteiger partial charge < -0.3 is 23.5 Å². The smallest absolute Gasteiger partial charge is 0.556 e. The molecule has 7 nitrogen and oxygen atoms in total. The van der Waals surface area contributed by atoms with Crippen molar-refractivity contribution < 1.29 is 33.1 Å². The molecule has 3 aliphatic heterocycles. The van der Waals surface area contributed by atoms with E-state index in [-0.39, 0.29) is 41.5 Å². The standard InChI is InChI=1S/C25H28BNO6/c28-21-15-27(20-12-7-13-22(20)31-16-17-8-3-1-4-9-17)14-19(21)25(29)33-26(27,30)24-23(32-24)18-10-5-2-6-11-18/h1-6,8-11,19-20,22-24,30H,7,12-16H2/t19?,20?,22-,23?,24?,26?,27-/m0/s1. The molecule has 0 radical (unpaired) electrons. The molecular weight excluding hydrogens is 421 g/mol. The number of hydrogen-bond acceptors (Lipinski definition) is 6. The first kappa shape index (κ1) is 21.0. The zero-order valence-corrected chi connectivity index (χ0v) is 18.4. The van der Waals surface area contributed by atoms with Crippen LogP contribution >= 0.6 is 0 Å². The van der Waals surface area contributed by atoms with E-state index in [0.717, 1.165) is 30.4 Å². The van der Waals surface area contributed by atoms with Gasteiger partial charge in [-0.2, -0.15) is 0 Å². The van der Waals surface area contributed by atoms with Gasteiger partial charge in [-0.15, -0.1) is 0 Å². The van der Waals surface area contributed by atoms with Crippen LogP contribution in [0.3, 0.4) is 0 Å². The minimum absolute atomic E-state index is 0.0582. The van der Waals surface area contributed by atoms with Gasteiger partial charge >= 0.3 is 6.69 Å². The molecule has 2 bridgehead atoms. The van der Waals surface area contributed by atoms with Crippen molar-refractivity contribution in [1.82, 2.24) is 0 Å². The Balaban J connectivity index is 1.31. The Hall–Kier alpha value is -2.52. The largest absolute Gasteiger partial charge is 0.613 e. The van der Waals surface area contributed by atoms with Crippen molar-refractivity contribution in [2.24, 2.45) is 5.92 Å². The molecule has 33 heavy (non-hydrogen) atoms. The first-order chi connectivity index (χ1) is 16.0. The van der Waals surface area contributed by atoms with E-state index >= 15 is 0 Å². The molecule has 2 aromatic carbocycles. The number of quaternary nitrogens is 1. The Labute approximate surface area is 192 Å². The zero-order chi connectivity index (χ0) is 22.6. The van der Waals surface area contributed by atoms with E-state index in [4.69, 9.17) is 14.1 Å². The topological polar surface area (TPSA) is 85.4 Å². The molecule has 8 heteroatoms. The van der Waals surface area contributed by atoms with Gasteiger partial charge in [-0.3, -0.25) is 9.59 Å². The van der Waals surface area contributed by atoms with E-state index in [1.165, 1.54) is 0 Å². The summed E-state index contributed by atoms with van der Waals surface area (Å²) in [5.41, 5.74) is 2.02. The molecule has 1 N–H and O–H groups in total. The molecule has 4 aliphatic rings. The fourth-order valence-corrected chi connectivity index (χ4v) is 6.47. The lowest BCUT2D eigenvalue weighted by Gasteiger charge is -2.58. The number of ether oxygens (including phenoxy) is 2. The molecule has 7 atom stereocenters. The fourth-order valence-electron chi connectivity index (χ4n) is 6.47. The molecule has 1 aliphatic carbocycles. The molecule has 1 saturated carbocycles. The molecule has 3 heterocycles. The Bertz CT molecular complexity index is 1070. The number of hydrogen-bond donors (Lipinski definition) is 1. The van der Waals surface area contributed by atoms with Gasteiger partial charge in [-0.05, 0) is 30.4 Å². The molecule has 0 aromatic heterocycles. The average Bonchev–Trinajstić information content (AvgIpc) is 3.39. The van der Waals surface area contributed by atoms with Gasteiger partial charge in [0.05, 0.1) is 31.3 Å². The summed E-state index contributed by atoms with van der Waals surface area (Å²) in [6.07, 6.45) is 2.12. The van der Waals surface area contributed by atoms with Gasteiger partial charge in [0.2, 0.25) is 5.78 Å². The highest BCUT2D eigenvalue weighted by Crippen LogP contribution is 2.53. The minimum atomic E-state index is -2.78. The molecule has 0 spiro atoms. The van der Waals surface area contributed by atoms with Crippen LogP contribution in [0.25, 0.3) is 0 Å². The summed E-state index contributed by atoms with van der Waals surface area (Å²) in [6, 6.07) is 18.9. The lowest BCUT2D eigenvalue weighted by Crippen LogP contribution is -2.79. The fraction of sp³-hybridized carbons (Fsp3) is 0.440. The van der Waals surface area contributed by atoms with Gasteiger partial charge in [-0.1, -0.05) is 60.7 Å². The van der Waals surface area contributed by atoms with Crippen molar-refractivity contribution in [3.05, 3.63) is 71.8 Å². The number of Topliss-reactive ketones (excluding diaryl/α,β-unsaturated/α-hetero) is 1. The second-order valence-corrected chi connectivity index (χ2v) is 9.93. The van der Waals surface area contributed by atoms with Crippen molar-refractivity contribution in [2.45, 2.75) is 50.1 Å². The summed E-state index contributed by atoms with van der Waals surface area (Å²) in [6.45, 7) is -1.95. The van der Waals surface area contributed by atoms with Crippen molar-refractivity contribution in [3.8, 4) is 0 Å². The van der Waals surface area contributed by atoms with Gasteiger partial charge in [0.15, 0.2) is 5.92 Å². The molecule has 4 fully saturated rings. The van der Waals surface area contributed by atoms with Crippen LogP contribution in [-0.4, -0.2) is 59.1 Å². The summed E-state index contributed by atoms with van der Waals surface area (Å²) in [7, 11) is 0. The van der Waals surface area contributed by atoms with Gasteiger partial charge in [0.25, 0.3) is 5.97 Å². The molecule has 0 amide bonds. The van der Waals surface area contributed by atoms with Crippen LogP contribution in [0.4, 0.5) is 0 Å². The predicted octanol–water partition coefficient (Wildman–Crippen LogP) is 2.31. The Morgan fingerprint density at radius 2 is 1.76 bits per heavy atom. The van der Waals surface area contributed by atoms with E-state index in [0.29, 0.717) is 6.61 Å². The Kier molecular flexibility index (Phi) is 4.96. The van der Waals surface area contributed by atoms with E-state index in [1.807, 2.05) is 60.7 Å². The SMILES string of the molecule is O=C1C[N@+]2(C3CCC[C@@H]3OCc3ccccc3)CC1C(=O)O[B-]2(O)C1OC1c1ccccc1. The van der Waals surface area contributed by atoms with Crippen LogP contribution in [0.1, 0.15) is 36.5 Å². The summed E-state index contributed by atoms with van der Waals surface area (Å²) < 4.78 is 18.2. The summed E-state index contributed by atoms with van der Waals surface area (Å²) >= 11 is 0. The molecule has 2 aromatic rings. The monoisotopic (exact) mass is 449 g/mol. The number of fused-ring (bicyclic) bond motifs is 2. The normalized spacial score (nSPS) is 39.5. The number of nitrogens with zero attached hydrogens (tertiary/aromatic N) is 1. The molecule has 5 unspecified atom stereocenters. The quantitative estimate of drug-likeness (QED) is 0.414. The highest BCUT2D eigenvalue weighted by molar-refractivity contribution is 6.64. The number of ketones is 1. The van der Waals surface area contributed by atoms with Gasteiger partial charge in [0, 0.05) is 0 Å². The second-order valence-electron chi connectivity index (χ2n) is 9.93. The van der Waals surface area contributed by atoms with E-state index in [9.17, 15) is 14.6 Å². The molecule has 6 rings (SSSR count).